The molecule has 2 nitrogen and oxygen atoms in total. The van der Waals surface area contributed by atoms with Crippen molar-refractivity contribution in [1.82, 2.24) is 0 Å². The van der Waals surface area contributed by atoms with Crippen LogP contribution in [0.5, 0.6) is 0 Å². The Morgan fingerprint density at radius 3 is 2.67 bits per heavy atom. The van der Waals surface area contributed by atoms with Crippen LogP contribution < -0.4 is 4.94 Å². The minimum atomic E-state index is -0.220. The summed E-state index contributed by atoms with van der Waals surface area (Å²) in [7, 11) is 0. The third kappa shape index (κ3) is 1.43. The molecule has 0 aliphatic heterocycles. The van der Waals surface area contributed by atoms with E-state index in [2.05, 4.69) is 15.9 Å². The Morgan fingerprint density at radius 2 is 2.44 bits per heavy atom. The molecule has 0 saturated carbocycles. The van der Waals surface area contributed by atoms with Gasteiger partial charge in [0.25, 0.3) is 0 Å². The van der Waals surface area contributed by atoms with Crippen LogP contribution in [0.3, 0.4) is 0 Å². The van der Waals surface area contributed by atoms with E-state index in [-0.39, 0.29) is 4.94 Å². The first-order chi connectivity index (χ1) is 4.24. The Morgan fingerprint density at radius 1 is 1.78 bits per heavy atom. The van der Waals surface area contributed by atoms with E-state index in [1.54, 1.807) is 0 Å². The summed E-state index contributed by atoms with van der Waals surface area (Å²) in [5.74, 6) is 0.741. The van der Waals surface area contributed by atoms with Crippen molar-refractivity contribution in [3.8, 4) is 0 Å². The van der Waals surface area contributed by atoms with Crippen LogP contribution >= 0.6 is 27.3 Å². The lowest BCUT2D eigenvalue weighted by atomic mass is 10.5. The summed E-state index contributed by atoms with van der Waals surface area (Å²) in [4.78, 5) is 11.2. The molecule has 0 saturated heterocycles. The SMILES string of the molecule is Cc1sc(=O)oc1CBr. The molecule has 1 rings (SSSR count). The molecule has 4 heteroatoms. The van der Waals surface area contributed by atoms with Crippen molar-refractivity contribution in [2.24, 2.45) is 0 Å². The van der Waals surface area contributed by atoms with Gasteiger partial charge in [-0.3, -0.25) is 0 Å². The average molecular weight is 209 g/mol. The van der Waals surface area contributed by atoms with Gasteiger partial charge in [-0.2, -0.15) is 0 Å². The third-order valence-corrected chi connectivity index (χ3v) is 2.25. The largest absolute Gasteiger partial charge is 0.418 e. The first-order valence-electron chi connectivity index (χ1n) is 2.39. The van der Waals surface area contributed by atoms with Crippen LogP contribution in [0, 0.1) is 6.92 Å². The lowest BCUT2D eigenvalue weighted by Gasteiger charge is -1.83. The Hall–Kier alpha value is -0.0900. The summed E-state index contributed by atoms with van der Waals surface area (Å²) in [6.45, 7) is 1.87. The summed E-state index contributed by atoms with van der Waals surface area (Å²) in [5.41, 5.74) is 0. The monoisotopic (exact) mass is 208 g/mol. The molecule has 1 aromatic heterocycles. The summed E-state index contributed by atoms with van der Waals surface area (Å²) in [6.07, 6.45) is 0. The van der Waals surface area contributed by atoms with Crippen molar-refractivity contribution in [3.63, 3.8) is 0 Å². The molecule has 0 unspecified atom stereocenters. The topological polar surface area (TPSA) is 30.2 Å². The highest BCUT2D eigenvalue weighted by Gasteiger charge is 2.02. The van der Waals surface area contributed by atoms with Crippen molar-refractivity contribution < 1.29 is 4.42 Å². The number of hydrogen-bond acceptors (Lipinski definition) is 3. The zero-order chi connectivity index (χ0) is 6.85. The fraction of sp³-hybridized carbons (Fsp3) is 0.400. The van der Waals surface area contributed by atoms with Crippen LogP contribution in [-0.4, -0.2) is 0 Å². The highest BCUT2D eigenvalue weighted by molar-refractivity contribution is 9.08. The molecule has 0 amide bonds. The predicted octanol–water partition coefficient (Wildman–Crippen LogP) is 1.90. The number of halogens is 1. The van der Waals surface area contributed by atoms with Gasteiger partial charge < -0.3 is 4.42 Å². The maximum absolute atomic E-state index is 10.5. The maximum atomic E-state index is 10.5. The number of alkyl halides is 1. The molecule has 50 valence electrons. The van der Waals surface area contributed by atoms with Gasteiger partial charge in [0, 0.05) is 4.88 Å². The van der Waals surface area contributed by atoms with E-state index in [4.69, 9.17) is 4.42 Å². The van der Waals surface area contributed by atoms with Crippen LogP contribution in [0.15, 0.2) is 9.21 Å². The van der Waals surface area contributed by atoms with E-state index in [9.17, 15) is 4.79 Å². The number of hydrogen-bond donors (Lipinski definition) is 0. The first kappa shape index (κ1) is 7.02. The molecule has 0 bridgehead atoms. The highest BCUT2D eigenvalue weighted by Crippen LogP contribution is 2.12. The molecule has 0 aromatic carbocycles. The van der Waals surface area contributed by atoms with E-state index < -0.39 is 0 Å². The normalized spacial score (nSPS) is 10.0. The van der Waals surface area contributed by atoms with Gasteiger partial charge in [-0.15, -0.1) is 0 Å². The van der Waals surface area contributed by atoms with Crippen LogP contribution in [-0.2, 0) is 5.33 Å². The van der Waals surface area contributed by atoms with Gasteiger partial charge >= 0.3 is 4.94 Å². The molecule has 0 aliphatic carbocycles. The molecular formula is C5H5BrO2S. The second kappa shape index (κ2) is 2.66. The molecule has 1 aromatic rings. The molecule has 0 radical (unpaired) electrons. The van der Waals surface area contributed by atoms with Crippen molar-refractivity contribution in [2.75, 3.05) is 0 Å². The lowest BCUT2D eigenvalue weighted by molar-refractivity contribution is 0.501. The van der Waals surface area contributed by atoms with Crippen LogP contribution in [0.1, 0.15) is 10.6 Å². The summed E-state index contributed by atoms with van der Waals surface area (Å²) in [6, 6.07) is 0. The van der Waals surface area contributed by atoms with Crippen molar-refractivity contribution in [2.45, 2.75) is 12.3 Å². The van der Waals surface area contributed by atoms with Crippen LogP contribution in [0.4, 0.5) is 0 Å². The minimum Gasteiger partial charge on any atom is -0.418 e. The van der Waals surface area contributed by atoms with Gasteiger partial charge in [0.15, 0.2) is 0 Å². The quantitative estimate of drug-likeness (QED) is 0.661. The fourth-order valence-corrected chi connectivity index (χ4v) is 1.84. The number of aryl methyl sites for hydroxylation is 1. The molecule has 0 N–H and O–H groups in total. The zero-order valence-corrected chi connectivity index (χ0v) is 7.21. The Kier molecular flexibility index (Phi) is 2.08. The van der Waals surface area contributed by atoms with Crippen LogP contribution in [0.2, 0.25) is 0 Å². The second-order valence-corrected chi connectivity index (χ2v) is 3.28. The smallest absolute Gasteiger partial charge is 0.395 e. The van der Waals surface area contributed by atoms with Gasteiger partial charge in [0.1, 0.15) is 5.76 Å². The lowest BCUT2D eigenvalue weighted by Crippen LogP contribution is -1.81. The first-order valence-corrected chi connectivity index (χ1v) is 4.33. The minimum absolute atomic E-state index is 0.220. The third-order valence-electron chi connectivity index (χ3n) is 0.957. The van der Waals surface area contributed by atoms with E-state index >= 15 is 0 Å². The average Bonchev–Trinajstić information content (AvgIpc) is 2.10. The van der Waals surface area contributed by atoms with Gasteiger partial charge in [-0.25, -0.2) is 4.79 Å². The fourth-order valence-electron chi connectivity index (χ4n) is 0.497. The standard InChI is InChI=1S/C5H5BrO2S/c1-3-4(2-6)8-5(7)9-3/h2H2,1H3. The second-order valence-electron chi connectivity index (χ2n) is 1.57. The van der Waals surface area contributed by atoms with Crippen molar-refractivity contribution in [3.05, 3.63) is 20.4 Å². The summed E-state index contributed by atoms with van der Waals surface area (Å²) >= 11 is 4.34. The number of rotatable bonds is 1. The highest BCUT2D eigenvalue weighted by atomic mass is 79.9. The van der Waals surface area contributed by atoms with E-state index in [1.807, 2.05) is 6.92 Å². The molecule has 9 heavy (non-hydrogen) atoms. The Balaban J connectivity index is 3.16. The molecule has 0 aliphatic rings. The van der Waals surface area contributed by atoms with E-state index in [1.165, 1.54) is 0 Å². The van der Waals surface area contributed by atoms with Gasteiger partial charge in [-0.05, 0) is 6.92 Å². The Labute approximate surface area is 64.6 Å². The van der Waals surface area contributed by atoms with E-state index in [0.29, 0.717) is 5.33 Å². The molecule has 1 heterocycles. The van der Waals surface area contributed by atoms with Gasteiger partial charge in [0.2, 0.25) is 0 Å². The summed E-state index contributed by atoms with van der Waals surface area (Å²) in [5, 5.41) is 0.623. The van der Waals surface area contributed by atoms with Crippen LogP contribution in [0.25, 0.3) is 0 Å². The molecule has 0 atom stereocenters. The van der Waals surface area contributed by atoms with E-state index in [0.717, 1.165) is 22.0 Å². The van der Waals surface area contributed by atoms with Crippen molar-refractivity contribution >= 4 is 27.3 Å². The molecule has 0 spiro atoms. The molecule has 0 fully saturated rings. The Bertz CT molecular complexity index is 250. The van der Waals surface area contributed by atoms with Crippen molar-refractivity contribution in [1.29, 1.82) is 0 Å². The van der Waals surface area contributed by atoms with Gasteiger partial charge in [0.05, 0.1) is 5.33 Å². The predicted molar refractivity (Wildman–Crippen MR) is 40.2 cm³/mol. The van der Waals surface area contributed by atoms with Gasteiger partial charge in [-0.1, -0.05) is 27.3 Å². The maximum Gasteiger partial charge on any atom is 0.395 e. The summed E-state index contributed by atoms with van der Waals surface area (Å²) < 4.78 is 4.78. The zero-order valence-electron chi connectivity index (χ0n) is 4.81. The molecular weight excluding hydrogens is 204 g/mol.